The first-order chi connectivity index (χ1) is 15.2. The molecule has 0 radical (unpaired) electrons. The molecule has 2 unspecified atom stereocenters. The summed E-state index contributed by atoms with van der Waals surface area (Å²) >= 11 is 0. The van der Waals surface area contributed by atoms with Crippen molar-refractivity contribution in [2.24, 2.45) is 11.3 Å². The Bertz CT molecular complexity index is 746. The van der Waals surface area contributed by atoms with E-state index in [1.54, 1.807) is 6.92 Å². The molecule has 0 saturated heterocycles. The number of carbonyl (C=O) groups excluding carboxylic acids is 4. The Balaban J connectivity index is 2.46. The lowest BCUT2D eigenvalue weighted by Crippen LogP contribution is -2.35. The van der Waals surface area contributed by atoms with Gasteiger partial charge in [-0.25, -0.2) is 0 Å². The smallest absolute Gasteiger partial charge is 0.313 e. The number of Topliss-reactive ketones (excluding diaryl/α,β-unsaturated/α-hetero) is 1. The molecule has 2 atom stereocenters. The van der Waals surface area contributed by atoms with E-state index in [0.717, 1.165) is 0 Å². The van der Waals surface area contributed by atoms with Gasteiger partial charge in [0.25, 0.3) is 0 Å². The largest absolute Gasteiger partial charge is 0.490 e. The van der Waals surface area contributed by atoms with Crippen molar-refractivity contribution in [3.05, 3.63) is 30.3 Å². The van der Waals surface area contributed by atoms with Gasteiger partial charge in [0.05, 0.1) is 11.3 Å². The standard InChI is InChI=1S/C24H34O8/c1-5-19(22(27)31-14-12-29-20-10-8-7-9-11-20)17-24(4,6-2)23(28)32-15-13-30-21(26)16-18(3)25/h7-11,19H,5-6,12-17H2,1-4H3. The van der Waals surface area contributed by atoms with Crippen molar-refractivity contribution in [3.8, 4) is 5.75 Å². The summed E-state index contributed by atoms with van der Waals surface area (Å²) in [5.74, 6) is -1.57. The number of rotatable bonds is 15. The zero-order chi connectivity index (χ0) is 24.0. The van der Waals surface area contributed by atoms with Crippen LogP contribution in [-0.2, 0) is 33.4 Å². The summed E-state index contributed by atoms with van der Waals surface area (Å²) in [7, 11) is 0. The predicted molar refractivity (Wildman–Crippen MR) is 117 cm³/mol. The lowest BCUT2D eigenvalue weighted by molar-refractivity contribution is -0.163. The third kappa shape index (κ3) is 9.94. The lowest BCUT2D eigenvalue weighted by Gasteiger charge is -2.29. The molecule has 0 aromatic heterocycles. The van der Waals surface area contributed by atoms with E-state index in [2.05, 4.69) is 0 Å². The van der Waals surface area contributed by atoms with Crippen molar-refractivity contribution >= 4 is 23.7 Å². The van der Waals surface area contributed by atoms with E-state index in [9.17, 15) is 19.2 Å². The number of esters is 3. The molecule has 1 aromatic rings. The molecular formula is C24H34O8. The van der Waals surface area contributed by atoms with Crippen LogP contribution in [0.5, 0.6) is 5.75 Å². The van der Waals surface area contributed by atoms with E-state index >= 15 is 0 Å². The molecule has 0 spiro atoms. The second kappa shape index (κ2) is 14.2. The molecule has 0 fully saturated rings. The van der Waals surface area contributed by atoms with Crippen molar-refractivity contribution < 1.29 is 38.1 Å². The summed E-state index contributed by atoms with van der Waals surface area (Å²) < 4.78 is 21.0. The van der Waals surface area contributed by atoms with Gasteiger partial charge < -0.3 is 18.9 Å². The lowest BCUT2D eigenvalue weighted by atomic mass is 9.78. The van der Waals surface area contributed by atoms with Crippen LogP contribution in [0.15, 0.2) is 30.3 Å². The van der Waals surface area contributed by atoms with E-state index < -0.39 is 23.3 Å². The van der Waals surface area contributed by atoms with E-state index in [0.29, 0.717) is 18.6 Å². The Labute approximate surface area is 189 Å². The van der Waals surface area contributed by atoms with Gasteiger partial charge >= 0.3 is 17.9 Å². The molecule has 0 aliphatic carbocycles. The quantitative estimate of drug-likeness (QED) is 0.173. The maximum absolute atomic E-state index is 12.6. The number of hydrogen-bond acceptors (Lipinski definition) is 8. The molecule has 32 heavy (non-hydrogen) atoms. The molecule has 1 aromatic carbocycles. The molecule has 8 nitrogen and oxygen atoms in total. The third-order valence-electron chi connectivity index (χ3n) is 5.11. The highest BCUT2D eigenvalue weighted by atomic mass is 16.6. The summed E-state index contributed by atoms with van der Waals surface area (Å²) in [4.78, 5) is 47.4. The topological polar surface area (TPSA) is 105 Å². The van der Waals surface area contributed by atoms with Crippen LogP contribution in [0.25, 0.3) is 0 Å². The molecule has 178 valence electrons. The number of ketones is 1. The van der Waals surface area contributed by atoms with Crippen LogP contribution in [0.3, 0.4) is 0 Å². The average molecular weight is 451 g/mol. The van der Waals surface area contributed by atoms with Crippen molar-refractivity contribution in [2.75, 3.05) is 26.4 Å². The van der Waals surface area contributed by atoms with Gasteiger partial charge in [0.15, 0.2) is 0 Å². The van der Waals surface area contributed by atoms with Crippen molar-refractivity contribution in [1.29, 1.82) is 0 Å². The fourth-order valence-electron chi connectivity index (χ4n) is 2.96. The summed E-state index contributed by atoms with van der Waals surface area (Å²) in [6, 6.07) is 9.23. The van der Waals surface area contributed by atoms with Gasteiger partial charge in [-0.05, 0) is 45.2 Å². The molecule has 0 saturated carbocycles. The van der Waals surface area contributed by atoms with Gasteiger partial charge in [-0.1, -0.05) is 32.0 Å². The number of hydrogen-bond donors (Lipinski definition) is 0. The molecular weight excluding hydrogens is 416 g/mol. The fraction of sp³-hybridized carbons (Fsp3) is 0.583. The van der Waals surface area contributed by atoms with Crippen LogP contribution < -0.4 is 4.74 Å². The molecule has 0 amide bonds. The normalized spacial score (nSPS) is 13.4. The predicted octanol–water partition coefficient (Wildman–Crippen LogP) is 3.51. The highest BCUT2D eigenvalue weighted by molar-refractivity contribution is 5.94. The minimum absolute atomic E-state index is 0.114. The Morgan fingerprint density at radius 3 is 2.12 bits per heavy atom. The summed E-state index contributed by atoms with van der Waals surface area (Å²) in [6.07, 6.45) is 0.958. The first kappa shape index (κ1) is 27.1. The van der Waals surface area contributed by atoms with E-state index in [-0.39, 0.29) is 51.0 Å². The maximum atomic E-state index is 12.6. The number of carbonyl (C=O) groups is 4. The van der Waals surface area contributed by atoms with Gasteiger partial charge in [0.1, 0.15) is 44.4 Å². The Hall–Kier alpha value is -2.90. The maximum Gasteiger partial charge on any atom is 0.313 e. The first-order valence-corrected chi connectivity index (χ1v) is 10.9. The van der Waals surface area contributed by atoms with Crippen molar-refractivity contribution in [3.63, 3.8) is 0 Å². The molecule has 0 aliphatic rings. The van der Waals surface area contributed by atoms with Gasteiger partial charge in [0, 0.05) is 0 Å². The van der Waals surface area contributed by atoms with Crippen molar-refractivity contribution in [2.45, 2.75) is 53.4 Å². The van der Waals surface area contributed by atoms with Crippen LogP contribution in [0.1, 0.15) is 53.4 Å². The zero-order valence-electron chi connectivity index (χ0n) is 19.4. The minimum atomic E-state index is -0.885. The third-order valence-corrected chi connectivity index (χ3v) is 5.11. The van der Waals surface area contributed by atoms with E-state index in [1.807, 2.05) is 44.2 Å². The van der Waals surface area contributed by atoms with Gasteiger partial charge in [-0.2, -0.15) is 0 Å². The van der Waals surface area contributed by atoms with Crippen LogP contribution in [0, 0.1) is 11.3 Å². The van der Waals surface area contributed by atoms with Crippen LogP contribution >= 0.6 is 0 Å². The van der Waals surface area contributed by atoms with Crippen molar-refractivity contribution in [1.82, 2.24) is 0 Å². The van der Waals surface area contributed by atoms with Gasteiger partial charge in [0.2, 0.25) is 0 Å². The monoisotopic (exact) mass is 450 g/mol. The van der Waals surface area contributed by atoms with Gasteiger partial charge in [-0.3, -0.25) is 19.2 Å². The van der Waals surface area contributed by atoms with Crippen LogP contribution in [-0.4, -0.2) is 50.1 Å². The van der Waals surface area contributed by atoms with Gasteiger partial charge in [-0.15, -0.1) is 0 Å². The molecule has 0 aliphatic heterocycles. The Morgan fingerprint density at radius 2 is 1.53 bits per heavy atom. The summed E-state index contributed by atoms with van der Waals surface area (Å²) in [5, 5.41) is 0. The zero-order valence-corrected chi connectivity index (χ0v) is 19.4. The second-order valence-corrected chi connectivity index (χ2v) is 7.79. The van der Waals surface area contributed by atoms with Crippen LogP contribution in [0.2, 0.25) is 0 Å². The SMILES string of the molecule is CCC(CC(C)(CC)C(=O)OCCOC(=O)CC(C)=O)C(=O)OCCOc1ccccc1. The molecule has 0 bridgehead atoms. The number of benzene rings is 1. The Morgan fingerprint density at radius 1 is 0.906 bits per heavy atom. The number of para-hydroxylation sites is 1. The minimum Gasteiger partial charge on any atom is -0.490 e. The van der Waals surface area contributed by atoms with Crippen LogP contribution in [0.4, 0.5) is 0 Å². The number of ether oxygens (including phenoxy) is 4. The van der Waals surface area contributed by atoms with E-state index in [4.69, 9.17) is 18.9 Å². The molecule has 0 heterocycles. The van der Waals surface area contributed by atoms with E-state index in [1.165, 1.54) is 6.92 Å². The molecule has 8 heteroatoms. The Kier molecular flexibility index (Phi) is 12.1. The molecule has 0 N–H and O–H groups in total. The average Bonchev–Trinajstić information content (AvgIpc) is 2.77. The first-order valence-electron chi connectivity index (χ1n) is 10.9. The second-order valence-electron chi connectivity index (χ2n) is 7.79. The summed E-state index contributed by atoms with van der Waals surface area (Å²) in [5.41, 5.74) is -0.885. The summed E-state index contributed by atoms with van der Waals surface area (Å²) in [6.45, 7) is 6.85. The fourth-order valence-corrected chi connectivity index (χ4v) is 2.96. The highest BCUT2D eigenvalue weighted by Crippen LogP contribution is 2.33. The highest BCUT2D eigenvalue weighted by Gasteiger charge is 2.37. The molecule has 1 rings (SSSR count).